The maximum Gasteiger partial charge on any atom is 0.00414 e. The molecule has 0 aliphatic heterocycles. The maximum atomic E-state index is 5.81. The molecule has 0 aromatic rings. The summed E-state index contributed by atoms with van der Waals surface area (Å²) >= 11 is 0. The van der Waals surface area contributed by atoms with Crippen molar-refractivity contribution in [1.82, 2.24) is 0 Å². The summed E-state index contributed by atoms with van der Waals surface area (Å²) in [5.74, 6) is 0.828. The lowest BCUT2D eigenvalue weighted by atomic mass is 9.84. The Morgan fingerprint density at radius 3 is 2.70 bits per heavy atom. The summed E-state index contributed by atoms with van der Waals surface area (Å²) in [5, 5.41) is 0. The van der Waals surface area contributed by atoms with Crippen LogP contribution in [0.5, 0.6) is 0 Å². The molecule has 2 nitrogen and oxygen atoms in total. The van der Waals surface area contributed by atoms with Gasteiger partial charge in [-0.1, -0.05) is 12.8 Å². The van der Waals surface area contributed by atoms with E-state index in [2.05, 4.69) is 0 Å². The predicted octanol–water partition coefficient (Wildman–Crippen LogP) is 0.853. The van der Waals surface area contributed by atoms with Crippen LogP contribution in [0.4, 0.5) is 0 Å². The van der Waals surface area contributed by atoms with Crippen LogP contribution in [0.2, 0.25) is 0 Å². The van der Waals surface area contributed by atoms with E-state index in [0.717, 1.165) is 12.5 Å². The molecule has 10 heavy (non-hydrogen) atoms. The molecule has 2 atom stereocenters. The van der Waals surface area contributed by atoms with Crippen LogP contribution in [-0.4, -0.2) is 12.6 Å². The molecule has 0 heterocycles. The van der Waals surface area contributed by atoms with Crippen LogP contribution in [0.25, 0.3) is 0 Å². The molecule has 0 aromatic carbocycles. The molecule has 4 N–H and O–H groups in total. The summed E-state index contributed by atoms with van der Waals surface area (Å²) in [6, 6.07) is 0.463. The van der Waals surface area contributed by atoms with E-state index in [1.807, 2.05) is 0 Å². The summed E-state index contributed by atoms with van der Waals surface area (Å²) < 4.78 is 0. The van der Waals surface area contributed by atoms with Gasteiger partial charge in [-0.05, 0) is 31.7 Å². The van der Waals surface area contributed by atoms with Gasteiger partial charge in [0, 0.05) is 6.04 Å². The van der Waals surface area contributed by atoms with Gasteiger partial charge in [-0.3, -0.25) is 0 Å². The summed E-state index contributed by atoms with van der Waals surface area (Å²) in [4.78, 5) is 0. The molecule has 1 aliphatic carbocycles. The van der Waals surface area contributed by atoms with Crippen molar-refractivity contribution in [3.8, 4) is 0 Å². The second-order valence-corrected chi connectivity index (χ2v) is 3.37. The van der Waals surface area contributed by atoms with Crippen molar-refractivity contribution in [2.45, 2.75) is 38.1 Å². The second kappa shape index (κ2) is 3.94. The second-order valence-electron chi connectivity index (χ2n) is 3.37. The molecule has 2 heteroatoms. The first kappa shape index (κ1) is 8.02. The first-order valence-corrected chi connectivity index (χ1v) is 4.28. The van der Waals surface area contributed by atoms with Gasteiger partial charge in [0.05, 0.1) is 0 Å². The van der Waals surface area contributed by atoms with Crippen LogP contribution in [-0.2, 0) is 0 Å². The topological polar surface area (TPSA) is 52.0 Å². The standard InChI is InChI=1S/C8H18N2/c9-5-4-7-2-1-3-8(10)6-7/h7-8H,1-6,9-10H2/t7-,8+/m1/s1. The average Bonchev–Trinajstić information content (AvgIpc) is 1.88. The number of hydrogen-bond donors (Lipinski definition) is 2. The Balaban J connectivity index is 2.18. The largest absolute Gasteiger partial charge is 0.330 e. The lowest BCUT2D eigenvalue weighted by Crippen LogP contribution is -2.28. The van der Waals surface area contributed by atoms with Crippen molar-refractivity contribution in [2.75, 3.05) is 6.54 Å². The first-order chi connectivity index (χ1) is 4.83. The third-order valence-electron chi connectivity index (χ3n) is 2.40. The molecule has 0 saturated heterocycles. The van der Waals surface area contributed by atoms with Crippen molar-refractivity contribution in [2.24, 2.45) is 17.4 Å². The van der Waals surface area contributed by atoms with Crippen LogP contribution in [0.1, 0.15) is 32.1 Å². The van der Waals surface area contributed by atoms with Crippen LogP contribution in [0, 0.1) is 5.92 Å². The molecular weight excluding hydrogens is 124 g/mol. The third-order valence-corrected chi connectivity index (χ3v) is 2.40. The smallest absolute Gasteiger partial charge is 0.00414 e. The molecule has 0 amide bonds. The molecule has 0 spiro atoms. The summed E-state index contributed by atoms with van der Waals surface area (Å²) in [6.07, 6.45) is 6.27. The zero-order chi connectivity index (χ0) is 7.40. The fourth-order valence-electron chi connectivity index (χ4n) is 1.83. The Bertz CT molecular complexity index is 91.3. The molecule has 1 fully saturated rings. The Labute approximate surface area is 63.0 Å². The highest BCUT2D eigenvalue weighted by Gasteiger charge is 2.17. The fourth-order valence-corrected chi connectivity index (χ4v) is 1.83. The molecule has 1 rings (SSSR count). The minimum absolute atomic E-state index is 0.463. The van der Waals surface area contributed by atoms with E-state index in [1.54, 1.807) is 0 Å². The predicted molar refractivity (Wildman–Crippen MR) is 43.6 cm³/mol. The zero-order valence-electron chi connectivity index (χ0n) is 6.55. The molecule has 1 saturated carbocycles. The Morgan fingerprint density at radius 2 is 2.10 bits per heavy atom. The van der Waals surface area contributed by atoms with Gasteiger partial charge in [-0.15, -0.1) is 0 Å². The Morgan fingerprint density at radius 1 is 1.30 bits per heavy atom. The third kappa shape index (κ3) is 2.27. The monoisotopic (exact) mass is 142 g/mol. The van der Waals surface area contributed by atoms with Gasteiger partial charge in [0.2, 0.25) is 0 Å². The van der Waals surface area contributed by atoms with E-state index in [9.17, 15) is 0 Å². The minimum atomic E-state index is 0.463. The molecular formula is C8H18N2. The van der Waals surface area contributed by atoms with Crippen molar-refractivity contribution in [3.05, 3.63) is 0 Å². The van der Waals surface area contributed by atoms with E-state index in [4.69, 9.17) is 11.5 Å². The van der Waals surface area contributed by atoms with Gasteiger partial charge in [0.25, 0.3) is 0 Å². The highest BCUT2D eigenvalue weighted by atomic mass is 14.6. The van der Waals surface area contributed by atoms with Crippen LogP contribution in [0.3, 0.4) is 0 Å². The highest BCUT2D eigenvalue weighted by molar-refractivity contribution is 4.74. The quantitative estimate of drug-likeness (QED) is 0.600. The van der Waals surface area contributed by atoms with Crippen LogP contribution >= 0.6 is 0 Å². The summed E-state index contributed by atoms with van der Waals surface area (Å²) in [5.41, 5.74) is 11.3. The first-order valence-electron chi connectivity index (χ1n) is 4.28. The van der Waals surface area contributed by atoms with Gasteiger partial charge in [0.1, 0.15) is 0 Å². The zero-order valence-corrected chi connectivity index (χ0v) is 6.55. The number of rotatable bonds is 2. The molecule has 0 bridgehead atoms. The van der Waals surface area contributed by atoms with E-state index >= 15 is 0 Å². The lowest BCUT2D eigenvalue weighted by Gasteiger charge is -2.25. The van der Waals surface area contributed by atoms with E-state index in [0.29, 0.717) is 6.04 Å². The van der Waals surface area contributed by atoms with E-state index in [-0.39, 0.29) is 0 Å². The number of hydrogen-bond acceptors (Lipinski definition) is 2. The van der Waals surface area contributed by atoms with Gasteiger partial charge < -0.3 is 11.5 Å². The lowest BCUT2D eigenvalue weighted by molar-refractivity contribution is 0.310. The molecule has 0 radical (unpaired) electrons. The van der Waals surface area contributed by atoms with Crippen molar-refractivity contribution in [1.29, 1.82) is 0 Å². The summed E-state index contributed by atoms with van der Waals surface area (Å²) in [7, 11) is 0. The Kier molecular flexibility index (Phi) is 3.16. The average molecular weight is 142 g/mol. The highest BCUT2D eigenvalue weighted by Crippen LogP contribution is 2.24. The van der Waals surface area contributed by atoms with E-state index in [1.165, 1.54) is 32.1 Å². The molecule has 0 unspecified atom stereocenters. The van der Waals surface area contributed by atoms with Crippen LogP contribution < -0.4 is 11.5 Å². The van der Waals surface area contributed by atoms with Gasteiger partial charge in [-0.25, -0.2) is 0 Å². The molecule has 1 aliphatic rings. The van der Waals surface area contributed by atoms with Gasteiger partial charge in [0.15, 0.2) is 0 Å². The molecule has 0 aromatic heterocycles. The van der Waals surface area contributed by atoms with E-state index < -0.39 is 0 Å². The van der Waals surface area contributed by atoms with Crippen molar-refractivity contribution in [3.63, 3.8) is 0 Å². The molecule has 60 valence electrons. The van der Waals surface area contributed by atoms with Crippen LogP contribution in [0.15, 0.2) is 0 Å². The van der Waals surface area contributed by atoms with Crippen molar-refractivity contribution >= 4 is 0 Å². The Hall–Kier alpha value is -0.0800. The van der Waals surface area contributed by atoms with Gasteiger partial charge >= 0.3 is 0 Å². The SMILES string of the molecule is NCC[C@H]1CCC[C@H](N)C1. The number of nitrogens with two attached hydrogens (primary N) is 2. The fraction of sp³-hybridized carbons (Fsp3) is 1.00. The summed E-state index contributed by atoms with van der Waals surface area (Å²) in [6.45, 7) is 0.831. The van der Waals surface area contributed by atoms with Crippen molar-refractivity contribution < 1.29 is 0 Å². The minimum Gasteiger partial charge on any atom is -0.330 e. The normalized spacial score (nSPS) is 34.2. The van der Waals surface area contributed by atoms with Gasteiger partial charge in [-0.2, -0.15) is 0 Å². The maximum absolute atomic E-state index is 5.81.